The molecule has 7 heteroatoms. The van der Waals surface area contributed by atoms with Gasteiger partial charge >= 0.3 is 5.97 Å². The molecule has 0 aromatic heterocycles. The molecular weight excluding hydrogens is 282 g/mol. The number of carbonyl (C=O) groups is 1. The summed E-state index contributed by atoms with van der Waals surface area (Å²) in [6, 6.07) is 4.61. The molecule has 0 aliphatic heterocycles. The van der Waals surface area contributed by atoms with Gasteiger partial charge in [-0.25, -0.2) is 8.42 Å². The van der Waals surface area contributed by atoms with E-state index >= 15 is 0 Å². The Kier molecular flexibility index (Phi) is 5.52. The average Bonchev–Trinajstić information content (AvgIpc) is 2.43. The number of aliphatic carboxylic acids is 1. The Bertz CT molecular complexity index is 553. The Morgan fingerprint density at radius 3 is 2.30 bits per heavy atom. The molecule has 0 amide bonds. The summed E-state index contributed by atoms with van der Waals surface area (Å²) in [6.07, 6.45) is 0.558. The normalized spacial score (nSPS) is 14.6. The Balaban J connectivity index is 3.00. The molecule has 6 nitrogen and oxygen atoms in total. The van der Waals surface area contributed by atoms with Gasteiger partial charge in [-0.2, -0.15) is 4.72 Å². The van der Waals surface area contributed by atoms with Gasteiger partial charge in [0.05, 0.1) is 12.0 Å². The van der Waals surface area contributed by atoms with Crippen LogP contribution in [0.25, 0.3) is 0 Å². The topological polar surface area (TPSA) is 92.7 Å². The van der Waals surface area contributed by atoms with E-state index in [0.29, 0.717) is 12.2 Å². The third kappa shape index (κ3) is 3.94. The number of benzene rings is 1. The number of methoxy groups -OCH3 is 1. The van der Waals surface area contributed by atoms with Crippen molar-refractivity contribution in [3.63, 3.8) is 0 Å². The Morgan fingerprint density at radius 1 is 1.35 bits per heavy atom. The van der Waals surface area contributed by atoms with Crippen molar-refractivity contribution >= 4 is 16.0 Å². The lowest BCUT2D eigenvalue weighted by molar-refractivity contribution is -0.140. The summed E-state index contributed by atoms with van der Waals surface area (Å²) in [6.45, 7) is 3.50. The monoisotopic (exact) mass is 301 g/mol. The van der Waals surface area contributed by atoms with Crippen LogP contribution in [0.3, 0.4) is 0 Å². The van der Waals surface area contributed by atoms with Gasteiger partial charge in [-0.1, -0.05) is 20.3 Å². The highest BCUT2D eigenvalue weighted by molar-refractivity contribution is 7.89. The molecule has 0 radical (unpaired) electrons. The van der Waals surface area contributed by atoms with E-state index in [1.807, 2.05) is 6.92 Å². The molecule has 0 aliphatic carbocycles. The van der Waals surface area contributed by atoms with Crippen LogP contribution < -0.4 is 9.46 Å². The maximum Gasteiger partial charge on any atom is 0.322 e. The number of hydrogen-bond acceptors (Lipinski definition) is 4. The summed E-state index contributed by atoms with van der Waals surface area (Å²) in [5.41, 5.74) is 0. The Labute approximate surface area is 118 Å². The quantitative estimate of drug-likeness (QED) is 0.795. The first-order chi connectivity index (χ1) is 9.31. The van der Waals surface area contributed by atoms with Crippen molar-refractivity contribution in [3.8, 4) is 5.75 Å². The molecule has 0 bridgehead atoms. The zero-order chi connectivity index (χ0) is 15.3. The van der Waals surface area contributed by atoms with Gasteiger partial charge in [0.15, 0.2) is 0 Å². The molecule has 0 spiro atoms. The lowest BCUT2D eigenvalue weighted by Crippen LogP contribution is -2.44. The van der Waals surface area contributed by atoms with Gasteiger partial charge in [-0.15, -0.1) is 0 Å². The van der Waals surface area contributed by atoms with Gasteiger partial charge in [0, 0.05) is 0 Å². The van der Waals surface area contributed by atoms with Crippen molar-refractivity contribution < 1.29 is 23.1 Å². The van der Waals surface area contributed by atoms with Crippen molar-refractivity contribution in [2.45, 2.75) is 31.2 Å². The highest BCUT2D eigenvalue weighted by Crippen LogP contribution is 2.17. The largest absolute Gasteiger partial charge is 0.497 e. The smallest absolute Gasteiger partial charge is 0.322 e. The van der Waals surface area contributed by atoms with Crippen molar-refractivity contribution in [1.82, 2.24) is 4.72 Å². The zero-order valence-corrected chi connectivity index (χ0v) is 12.5. The maximum absolute atomic E-state index is 12.2. The molecule has 1 aromatic carbocycles. The highest BCUT2D eigenvalue weighted by atomic mass is 32.2. The van der Waals surface area contributed by atoms with E-state index in [1.54, 1.807) is 6.92 Å². The molecule has 0 saturated heterocycles. The minimum Gasteiger partial charge on any atom is -0.497 e. The Morgan fingerprint density at radius 2 is 1.90 bits per heavy atom. The SMILES string of the molecule is CCC(C)[C@H](NS(=O)(=O)c1ccc(OC)cc1)C(=O)O. The lowest BCUT2D eigenvalue weighted by Gasteiger charge is -2.20. The fourth-order valence-electron chi connectivity index (χ4n) is 1.64. The predicted molar refractivity (Wildman–Crippen MR) is 74.2 cm³/mol. The van der Waals surface area contributed by atoms with Crippen LogP contribution >= 0.6 is 0 Å². The summed E-state index contributed by atoms with van der Waals surface area (Å²) in [7, 11) is -2.39. The van der Waals surface area contributed by atoms with Crippen LogP contribution in [0.4, 0.5) is 0 Å². The van der Waals surface area contributed by atoms with Crippen molar-refractivity contribution in [2.75, 3.05) is 7.11 Å². The maximum atomic E-state index is 12.2. The first-order valence-corrected chi connectivity index (χ1v) is 7.69. The molecule has 2 N–H and O–H groups in total. The van der Waals surface area contributed by atoms with Gasteiger partial charge in [0.1, 0.15) is 11.8 Å². The second-order valence-electron chi connectivity index (χ2n) is 4.50. The molecular formula is C13H19NO5S. The van der Waals surface area contributed by atoms with Crippen LogP contribution in [0.15, 0.2) is 29.2 Å². The number of carboxylic acids is 1. The standard InChI is InChI=1S/C13H19NO5S/c1-4-9(2)12(13(15)16)14-20(17,18)11-7-5-10(19-3)6-8-11/h5-9,12,14H,4H2,1-3H3,(H,15,16)/t9?,12-/m0/s1. The average molecular weight is 301 g/mol. The first kappa shape index (κ1) is 16.5. The van der Waals surface area contributed by atoms with Gasteiger partial charge in [-0.3, -0.25) is 4.79 Å². The molecule has 0 saturated carbocycles. The lowest BCUT2D eigenvalue weighted by atomic mass is 10.0. The predicted octanol–water partition coefficient (Wildman–Crippen LogP) is 1.47. The van der Waals surface area contributed by atoms with Crippen LogP contribution in [0.1, 0.15) is 20.3 Å². The minimum absolute atomic E-state index is 0.00727. The third-order valence-corrected chi connectivity index (χ3v) is 4.59. The Hall–Kier alpha value is -1.60. The van der Waals surface area contributed by atoms with Gasteiger partial charge < -0.3 is 9.84 Å². The summed E-state index contributed by atoms with van der Waals surface area (Å²) in [5.74, 6) is -0.961. The van der Waals surface area contributed by atoms with Crippen LogP contribution in [0.5, 0.6) is 5.75 Å². The number of rotatable bonds is 7. The van der Waals surface area contributed by atoms with Crippen molar-refractivity contribution in [2.24, 2.45) is 5.92 Å². The van der Waals surface area contributed by atoms with Crippen molar-refractivity contribution in [3.05, 3.63) is 24.3 Å². The van der Waals surface area contributed by atoms with E-state index in [4.69, 9.17) is 9.84 Å². The number of carboxylic acid groups (broad SMARTS) is 1. The van der Waals surface area contributed by atoms with Crippen LogP contribution in [-0.4, -0.2) is 32.6 Å². The summed E-state index contributed by atoms with van der Waals surface area (Å²) >= 11 is 0. The van der Waals surface area contributed by atoms with E-state index in [9.17, 15) is 13.2 Å². The van der Waals surface area contributed by atoms with E-state index in [2.05, 4.69) is 4.72 Å². The van der Waals surface area contributed by atoms with Crippen LogP contribution in [0, 0.1) is 5.92 Å². The van der Waals surface area contributed by atoms with E-state index < -0.39 is 22.0 Å². The molecule has 0 fully saturated rings. The van der Waals surface area contributed by atoms with Gasteiger partial charge in [-0.05, 0) is 30.2 Å². The number of ether oxygens (including phenoxy) is 1. The fraction of sp³-hybridized carbons (Fsp3) is 0.462. The highest BCUT2D eigenvalue weighted by Gasteiger charge is 2.29. The number of nitrogens with one attached hydrogen (secondary N) is 1. The van der Waals surface area contributed by atoms with E-state index in [0.717, 1.165) is 0 Å². The minimum atomic E-state index is -3.87. The molecule has 1 unspecified atom stereocenters. The number of hydrogen-bond donors (Lipinski definition) is 2. The van der Waals surface area contributed by atoms with E-state index in [1.165, 1.54) is 31.4 Å². The summed E-state index contributed by atoms with van der Waals surface area (Å²) < 4.78 is 31.5. The third-order valence-electron chi connectivity index (χ3n) is 3.13. The molecule has 0 heterocycles. The van der Waals surface area contributed by atoms with Crippen LogP contribution in [-0.2, 0) is 14.8 Å². The first-order valence-electron chi connectivity index (χ1n) is 6.21. The second kappa shape index (κ2) is 6.71. The van der Waals surface area contributed by atoms with Crippen LogP contribution in [0.2, 0.25) is 0 Å². The summed E-state index contributed by atoms with van der Waals surface area (Å²) in [4.78, 5) is 11.2. The molecule has 2 atom stereocenters. The fourth-order valence-corrected chi connectivity index (χ4v) is 2.93. The van der Waals surface area contributed by atoms with E-state index in [-0.39, 0.29) is 10.8 Å². The zero-order valence-electron chi connectivity index (χ0n) is 11.7. The van der Waals surface area contributed by atoms with Gasteiger partial charge in [0.25, 0.3) is 0 Å². The molecule has 1 aromatic rings. The summed E-state index contributed by atoms with van der Waals surface area (Å²) in [5, 5.41) is 9.12. The molecule has 112 valence electrons. The molecule has 20 heavy (non-hydrogen) atoms. The molecule has 1 rings (SSSR count). The molecule has 0 aliphatic rings. The van der Waals surface area contributed by atoms with Crippen molar-refractivity contribution in [1.29, 1.82) is 0 Å². The number of sulfonamides is 1. The second-order valence-corrected chi connectivity index (χ2v) is 6.21. The van der Waals surface area contributed by atoms with Gasteiger partial charge in [0.2, 0.25) is 10.0 Å².